The van der Waals surface area contributed by atoms with Gasteiger partial charge >= 0.3 is 6.03 Å². The van der Waals surface area contributed by atoms with Crippen molar-refractivity contribution in [3.8, 4) is 17.2 Å². The van der Waals surface area contributed by atoms with Gasteiger partial charge < -0.3 is 14.2 Å². The van der Waals surface area contributed by atoms with Crippen molar-refractivity contribution in [3.05, 3.63) is 102 Å². The molecular weight excluding hydrogens is 496 g/mol. The Morgan fingerprint density at radius 3 is 2.28 bits per heavy atom. The molecule has 0 aliphatic carbocycles. The number of barbiturate groups is 1. The minimum atomic E-state index is -0.825. The molecule has 8 heteroatoms. The molecular formula is C31H30N2O6. The van der Waals surface area contributed by atoms with Crippen molar-refractivity contribution >= 4 is 29.6 Å². The Morgan fingerprint density at radius 1 is 0.897 bits per heavy atom. The molecule has 3 aromatic rings. The van der Waals surface area contributed by atoms with Gasteiger partial charge in [0.2, 0.25) is 0 Å². The quantitative estimate of drug-likeness (QED) is 0.203. The number of rotatable bonds is 11. The molecule has 4 amide bonds. The number of anilines is 1. The molecule has 0 spiro atoms. The maximum absolute atomic E-state index is 13.4. The third-order valence-corrected chi connectivity index (χ3v) is 5.86. The van der Waals surface area contributed by atoms with Gasteiger partial charge in [-0.05, 0) is 73.9 Å². The molecule has 1 aliphatic rings. The summed E-state index contributed by atoms with van der Waals surface area (Å²) in [5.74, 6) is 0.146. The van der Waals surface area contributed by atoms with Crippen LogP contribution in [0.4, 0.5) is 10.5 Å². The van der Waals surface area contributed by atoms with E-state index in [4.69, 9.17) is 14.2 Å². The van der Waals surface area contributed by atoms with Crippen LogP contribution in [0.15, 0.2) is 85.0 Å². The van der Waals surface area contributed by atoms with E-state index >= 15 is 0 Å². The van der Waals surface area contributed by atoms with Crippen LogP contribution in [0.5, 0.6) is 17.2 Å². The average molecular weight is 527 g/mol. The lowest BCUT2D eigenvalue weighted by Gasteiger charge is -2.26. The molecule has 0 aromatic heterocycles. The van der Waals surface area contributed by atoms with Crippen molar-refractivity contribution in [2.45, 2.75) is 26.9 Å². The highest BCUT2D eigenvalue weighted by Gasteiger charge is 2.37. The van der Waals surface area contributed by atoms with E-state index in [2.05, 4.69) is 11.9 Å². The lowest BCUT2D eigenvalue weighted by atomic mass is 10.0. The van der Waals surface area contributed by atoms with Gasteiger partial charge in [-0.2, -0.15) is 0 Å². The second kappa shape index (κ2) is 12.6. The van der Waals surface area contributed by atoms with E-state index in [1.165, 1.54) is 6.08 Å². The Bertz CT molecular complexity index is 1400. The van der Waals surface area contributed by atoms with Crippen LogP contribution in [0.25, 0.3) is 6.08 Å². The summed E-state index contributed by atoms with van der Waals surface area (Å²) in [4.78, 5) is 39.7. The van der Waals surface area contributed by atoms with Gasteiger partial charge in [0.1, 0.15) is 17.9 Å². The molecule has 1 fully saturated rings. The number of benzene rings is 3. The van der Waals surface area contributed by atoms with E-state index in [1.807, 2.05) is 50.2 Å². The van der Waals surface area contributed by atoms with Crippen LogP contribution in [0.2, 0.25) is 0 Å². The molecule has 0 atom stereocenters. The van der Waals surface area contributed by atoms with Gasteiger partial charge in [-0.3, -0.25) is 14.9 Å². The smallest absolute Gasteiger partial charge is 0.335 e. The number of imide groups is 2. The maximum Gasteiger partial charge on any atom is 0.335 e. The monoisotopic (exact) mass is 526 g/mol. The lowest BCUT2D eigenvalue weighted by molar-refractivity contribution is -0.122. The summed E-state index contributed by atoms with van der Waals surface area (Å²) in [6.07, 6.45) is 3.67. The number of carbonyl (C=O) groups excluding carboxylic acids is 3. The molecule has 1 saturated heterocycles. The zero-order chi connectivity index (χ0) is 27.8. The molecule has 1 aliphatic heterocycles. The largest absolute Gasteiger partial charge is 0.490 e. The van der Waals surface area contributed by atoms with Crippen LogP contribution < -0.4 is 24.4 Å². The number of hydrogen-bond acceptors (Lipinski definition) is 6. The van der Waals surface area contributed by atoms with Gasteiger partial charge in [0.15, 0.2) is 11.5 Å². The fraction of sp³-hybridized carbons (Fsp3) is 0.194. The molecule has 1 heterocycles. The predicted molar refractivity (Wildman–Crippen MR) is 149 cm³/mol. The Kier molecular flexibility index (Phi) is 8.78. The minimum Gasteiger partial charge on any atom is -0.490 e. The normalized spacial score (nSPS) is 14.3. The molecule has 8 nitrogen and oxygen atoms in total. The summed E-state index contributed by atoms with van der Waals surface area (Å²) in [6.45, 7) is 8.76. The van der Waals surface area contributed by atoms with Crippen LogP contribution in [-0.4, -0.2) is 31.1 Å². The topological polar surface area (TPSA) is 94.2 Å². The fourth-order valence-electron chi connectivity index (χ4n) is 4.14. The second-order valence-electron chi connectivity index (χ2n) is 8.59. The number of allylic oxidation sites excluding steroid dienone is 1. The SMILES string of the molecule is C=CCc1cc(/C=C2\C(=O)NC(=O)N(c3ccc(OCc4ccccc4)cc3)C2=O)cc(OCC)c1OCC. The van der Waals surface area contributed by atoms with Gasteiger partial charge in [-0.15, -0.1) is 6.58 Å². The number of nitrogens with one attached hydrogen (secondary N) is 1. The first-order valence-corrected chi connectivity index (χ1v) is 12.7. The third-order valence-electron chi connectivity index (χ3n) is 5.86. The minimum absolute atomic E-state index is 0.185. The van der Waals surface area contributed by atoms with E-state index in [1.54, 1.807) is 36.4 Å². The Balaban J connectivity index is 1.61. The standard InChI is InChI=1S/C31H30N2O6/c1-4-10-23-17-22(19-27(37-5-2)28(23)38-6-3)18-26-29(34)32-31(36)33(30(26)35)24-13-15-25(16-14-24)39-20-21-11-8-7-9-12-21/h4,7-9,11-19H,1,5-6,10,20H2,2-3H3,(H,32,34,36)/b26-18+. The number of ether oxygens (including phenoxy) is 3. The average Bonchev–Trinajstić information content (AvgIpc) is 2.93. The molecule has 1 N–H and O–H groups in total. The Hall–Kier alpha value is -4.85. The zero-order valence-corrected chi connectivity index (χ0v) is 21.9. The van der Waals surface area contributed by atoms with Crippen LogP contribution in [0.3, 0.4) is 0 Å². The molecule has 3 aromatic carbocycles. The van der Waals surface area contributed by atoms with Crippen molar-refractivity contribution in [1.29, 1.82) is 0 Å². The summed E-state index contributed by atoms with van der Waals surface area (Å²) in [6, 6.07) is 18.9. The van der Waals surface area contributed by atoms with E-state index in [0.29, 0.717) is 54.7 Å². The number of urea groups is 1. The number of carbonyl (C=O) groups is 3. The van der Waals surface area contributed by atoms with Crippen molar-refractivity contribution in [2.24, 2.45) is 0 Å². The van der Waals surface area contributed by atoms with E-state index in [0.717, 1.165) is 16.0 Å². The summed E-state index contributed by atoms with van der Waals surface area (Å²) in [5, 5.41) is 2.26. The van der Waals surface area contributed by atoms with Crippen molar-refractivity contribution in [2.75, 3.05) is 18.1 Å². The van der Waals surface area contributed by atoms with Gasteiger partial charge in [0, 0.05) is 5.56 Å². The predicted octanol–water partition coefficient (Wildman–Crippen LogP) is 5.46. The number of hydrogen-bond donors (Lipinski definition) is 1. The fourth-order valence-corrected chi connectivity index (χ4v) is 4.14. The summed E-state index contributed by atoms with van der Waals surface area (Å²) in [7, 11) is 0. The first-order chi connectivity index (χ1) is 18.9. The lowest BCUT2D eigenvalue weighted by Crippen LogP contribution is -2.54. The summed E-state index contributed by atoms with van der Waals surface area (Å²) >= 11 is 0. The van der Waals surface area contributed by atoms with Crippen LogP contribution in [0.1, 0.15) is 30.5 Å². The van der Waals surface area contributed by atoms with E-state index in [9.17, 15) is 14.4 Å². The van der Waals surface area contributed by atoms with Crippen molar-refractivity contribution in [1.82, 2.24) is 5.32 Å². The number of nitrogens with zero attached hydrogens (tertiary/aromatic N) is 1. The van der Waals surface area contributed by atoms with E-state index < -0.39 is 17.8 Å². The Morgan fingerprint density at radius 2 is 1.62 bits per heavy atom. The maximum atomic E-state index is 13.4. The van der Waals surface area contributed by atoms with Crippen LogP contribution in [0, 0.1) is 0 Å². The molecule has 0 saturated carbocycles. The highest BCUT2D eigenvalue weighted by molar-refractivity contribution is 6.39. The molecule has 0 radical (unpaired) electrons. The van der Waals surface area contributed by atoms with E-state index in [-0.39, 0.29) is 5.57 Å². The van der Waals surface area contributed by atoms with Crippen molar-refractivity contribution < 1.29 is 28.6 Å². The summed E-state index contributed by atoms with van der Waals surface area (Å²) in [5.41, 5.74) is 2.48. The van der Waals surface area contributed by atoms with Gasteiger partial charge in [0.05, 0.1) is 18.9 Å². The third kappa shape index (κ3) is 6.35. The molecule has 39 heavy (non-hydrogen) atoms. The molecule has 0 unspecified atom stereocenters. The first kappa shape index (κ1) is 27.2. The highest BCUT2D eigenvalue weighted by atomic mass is 16.5. The van der Waals surface area contributed by atoms with Crippen molar-refractivity contribution in [3.63, 3.8) is 0 Å². The molecule has 4 rings (SSSR count). The van der Waals surface area contributed by atoms with Gasteiger partial charge in [-0.25, -0.2) is 9.69 Å². The van der Waals surface area contributed by atoms with Crippen LogP contribution in [-0.2, 0) is 22.6 Å². The van der Waals surface area contributed by atoms with Gasteiger partial charge in [-0.1, -0.05) is 36.4 Å². The first-order valence-electron chi connectivity index (χ1n) is 12.7. The second-order valence-corrected chi connectivity index (χ2v) is 8.59. The molecule has 200 valence electrons. The van der Waals surface area contributed by atoms with Crippen LogP contribution >= 0.6 is 0 Å². The highest BCUT2D eigenvalue weighted by Crippen LogP contribution is 2.35. The Labute approximate surface area is 227 Å². The number of amides is 4. The van der Waals surface area contributed by atoms with Gasteiger partial charge in [0.25, 0.3) is 11.8 Å². The zero-order valence-electron chi connectivity index (χ0n) is 21.9. The molecule has 0 bridgehead atoms. The summed E-state index contributed by atoms with van der Waals surface area (Å²) < 4.78 is 17.4.